The van der Waals surface area contributed by atoms with Gasteiger partial charge < -0.3 is 9.80 Å². The Morgan fingerprint density at radius 1 is 1.00 bits per heavy atom. The van der Waals surface area contributed by atoms with Crippen LogP contribution in [-0.2, 0) is 16.4 Å². The third-order valence-corrected chi connectivity index (χ3v) is 7.11. The summed E-state index contributed by atoms with van der Waals surface area (Å²) in [5, 5.41) is 0. The van der Waals surface area contributed by atoms with Gasteiger partial charge in [0.25, 0.3) is 0 Å². The Labute approximate surface area is 169 Å². The zero-order valence-corrected chi connectivity index (χ0v) is 17.9. The third kappa shape index (κ3) is 4.93. The number of nitrogens with one attached hydrogen (secondary N) is 2. The van der Waals surface area contributed by atoms with Crippen LogP contribution in [0.5, 0.6) is 0 Å². The Hall–Kier alpha value is -1.89. The van der Waals surface area contributed by atoms with Crippen molar-refractivity contribution in [1.29, 1.82) is 0 Å². The van der Waals surface area contributed by atoms with Crippen LogP contribution >= 0.6 is 0 Å². The van der Waals surface area contributed by atoms with E-state index in [1.54, 1.807) is 12.1 Å². The van der Waals surface area contributed by atoms with Gasteiger partial charge in [-0.2, -0.15) is 0 Å². The molecule has 0 aromatic heterocycles. The van der Waals surface area contributed by atoms with Gasteiger partial charge in [-0.05, 0) is 36.2 Å². The lowest BCUT2D eigenvalue weighted by Gasteiger charge is -2.26. The highest BCUT2D eigenvalue weighted by Gasteiger charge is 2.29. The summed E-state index contributed by atoms with van der Waals surface area (Å²) in [6, 6.07) is 15.8. The second-order valence-corrected chi connectivity index (χ2v) is 9.52. The van der Waals surface area contributed by atoms with E-state index in [-0.39, 0.29) is 6.04 Å². The van der Waals surface area contributed by atoms with Crippen molar-refractivity contribution in [2.45, 2.75) is 37.1 Å². The summed E-state index contributed by atoms with van der Waals surface area (Å²) in [7, 11) is 0.537. The Kier molecular flexibility index (Phi) is 6.75. The Bertz CT molecular complexity index is 856. The maximum atomic E-state index is 12.8. The van der Waals surface area contributed by atoms with Crippen LogP contribution in [0.2, 0.25) is 0 Å². The number of sulfonamides is 1. The van der Waals surface area contributed by atoms with Crippen molar-refractivity contribution >= 4 is 15.7 Å². The van der Waals surface area contributed by atoms with Gasteiger partial charge in [0.05, 0.1) is 24.5 Å². The summed E-state index contributed by atoms with van der Waals surface area (Å²) < 4.78 is 28.5. The lowest BCUT2D eigenvalue weighted by molar-refractivity contribution is -0.918. The largest absolute Gasteiger partial charge is 0.378 e. The molecule has 0 unspecified atom stereocenters. The minimum Gasteiger partial charge on any atom is -0.378 e. The van der Waals surface area contributed by atoms with E-state index in [1.165, 1.54) is 23.3 Å². The fourth-order valence-electron chi connectivity index (χ4n) is 3.86. The van der Waals surface area contributed by atoms with E-state index < -0.39 is 10.0 Å². The molecular weight excluding hydrogens is 370 g/mol. The van der Waals surface area contributed by atoms with Crippen molar-refractivity contribution in [3.63, 3.8) is 0 Å². The maximum Gasteiger partial charge on any atom is 0.240 e. The molecule has 0 radical (unpaired) electrons. The lowest BCUT2D eigenvalue weighted by Crippen LogP contribution is -3.11. The van der Waals surface area contributed by atoms with Crippen LogP contribution in [0, 0.1) is 0 Å². The average Bonchev–Trinajstić information content (AvgIpc) is 3.23. The van der Waals surface area contributed by atoms with E-state index in [1.807, 2.05) is 26.2 Å². The first-order chi connectivity index (χ1) is 13.4. The molecule has 3 rings (SSSR count). The van der Waals surface area contributed by atoms with Gasteiger partial charge in [0, 0.05) is 38.2 Å². The molecule has 2 aromatic carbocycles. The van der Waals surface area contributed by atoms with Gasteiger partial charge in [0.1, 0.15) is 6.04 Å². The molecule has 1 atom stereocenters. The van der Waals surface area contributed by atoms with Crippen LogP contribution in [0.4, 0.5) is 5.69 Å². The number of quaternary nitrogens is 1. The molecule has 152 valence electrons. The normalized spacial score (nSPS) is 16.2. The molecule has 1 heterocycles. The summed E-state index contributed by atoms with van der Waals surface area (Å²) in [5.41, 5.74) is 3.47. The number of rotatable bonds is 8. The first kappa shape index (κ1) is 20.8. The van der Waals surface area contributed by atoms with E-state index in [0.717, 1.165) is 30.8 Å². The van der Waals surface area contributed by atoms with Crippen LogP contribution in [-0.4, -0.2) is 42.1 Å². The molecule has 1 aliphatic rings. The topological polar surface area (TPSA) is 53.9 Å². The standard InChI is InChI=1S/C22H31N3O2S/c1-4-18-7-13-21(14-8-18)28(26,27)23-17-22(25-15-5-6-16-25)19-9-11-20(12-10-19)24(2)3/h7-14,22-23H,4-6,15-17H2,1-3H3/p+1/t22-/m1/s1. The maximum absolute atomic E-state index is 12.8. The van der Waals surface area contributed by atoms with Crippen LogP contribution in [0.15, 0.2) is 53.4 Å². The highest BCUT2D eigenvalue weighted by molar-refractivity contribution is 7.89. The van der Waals surface area contributed by atoms with Crippen molar-refractivity contribution in [2.24, 2.45) is 0 Å². The molecule has 0 amide bonds. The first-order valence-corrected chi connectivity index (χ1v) is 11.6. The zero-order valence-electron chi connectivity index (χ0n) is 17.1. The van der Waals surface area contributed by atoms with Crippen LogP contribution in [0.3, 0.4) is 0 Å². The number of nitrogens with zero attached hydrogens (tertiary/aromatic N) is 1. The van der Waals surface area contributed by atoms with Crippen LogP contribution in [0.1, 0.15) is 36.9 Å². The van der Waals surface area contributed by atoms with Gasteiger partial charge in [0.2, 0.25) is 10.0 Å². The molecule has 0 saturated carbocycles. The molecule has 6 heteroatoms. The summed E-state index contributed by atoms with van der Waals surface area (Å²) >= 11 is 0. The van der Waals surface area contributed by atoms with Crippen molar-refractivity contribution in [3.8, 4) is 0 Å². The highest BCUT2D eigenvalue weighted by Crippen LogP contribution is 2.18. The predicted molar refractivity (Wildman–Crippen MR) is 114 cm³/mol. The van der Waals surface area contributed by atoms with Gasteiger partial charge in [-0.25, -0.2) is 13.1 Å². The number of likely N-dealkylation sites (tertiary alicyclic amines) is 1. The molecule has 2 N–H and O–H groups in total. The molecule has 0 aliphatic carbocycles. The average molecular weight is 403 g/mol. The molecular formula is C22H32N3O2S+. The number of aryl methyl sites for hydroxylation is 1. The zero-order chi connectivity index (χ0) is 20.1. The van der Waals surface area contributed by atoms with E-state index in [0.29, 0.717) is 11.4 Å². The first-order valence-electron chi connectivity index (χ1n) is 10.1. The Morgan fingerprint density at radius 3 is 2.14 bits per heavy atom. The van der Waals surface area contributed by atoms with Crippen molar-refractivity contribution in [2.75, 3.05) is 38.6 Å². The van der Waals surface area contributed by atoms with Gasteiger partial charge >= 0.3 is 0 Å². The summed E-state index contributed by atoms with van der Waals surface area (Å²) in [6.07, 6.45) is 3.30. The summed E-state index contributed by atoms with van der Waals surface area (Å²) in [6.45, 7) is 4.65. The smallest absolute Gasteiger partial charge is 0.240 e. The molecule has 0 spiro atoms. The third-order valence-electron chi connectivity index (χ3n) is 5.67. The molecule has 28 heavy (non-hydrogen) atoms. The molecule has 1 aliphatic heterocycles. The van der Waals surface area contributed by atoms with E-state index in [9.17, 15) is 8.42 Å². The highest BCUT2D eigenvalue weighted by atomic mass is 32.2. The number of hydrogen-bond acceptors (Lipinski definition) is 3. The van der Waals surface area contributed by atoms with E-state index in [2.05, 4.69) is 40.8 Å². The minimum absolute atomic E-state index is 0.128. The van der Waals surface area contributed by atoms with Crippen molar-refractivity contribution in [1.82, 2.24) is 4.72 Å². The van der Waals surface area contributed by atoms with Crippen molar-refractivity contribution in [3.05, 3.63) is 59.7 Å². The Balaban J connectivity index is 1.77. The van der Waals surface area contributed by atoms with Gasteiger partial charge in [0.15, 0.2) is 0 Å². The van der Waals surface area contributed by atoms with Crippen LogP contribution < -0.4 is 14.5 Å². The second kappa shape index (κ2) is 9.07. The molecule has 1 saturated heterocycles. The summed E-state index contributed by atoms with van der Waals surface area (Å²) in [4.78, 5) is 3.87. The SMILES string of the molecule is CCc1ccc(S(=O)(=O)NC[C@H](c2ccc(N(C)C)cc2)[NH+]2CCCC2)cc1. The molecule has 2 aromatic rings. The molecule has 5 nitrogen and oxygen atoms in total. The predicted octanol–water partition coefficient (Wildman–Crippen LogP) is 2.01. The van der Waals surface area contributed by atoms with Gasteiger partial charge in [-0.3, -0.25) is 0 Å². The fourth-order valence-corrected chi connectivity index (χ4v) is 4.91. The quantitative estimate of drug-likeness (QED) is 0.710. The minimum atomic E-state index is -3.51. The monoisotopic (exact) mass is 402 g/mol. The second-order valence-electron chi connectivity index (χ2n) is 7.75. The van der Waals surface area contributed by atoms with Crippen molar-refractivity contribution < 1.29 is 13.3 Å². The number of benzene rings is 2. The van der Waals surface area contributed by atoms with E-state index >= 15 is 0 Å². The number of hydrogen-bond donors (Lipinski definition) is 2. The Morgan fingerprint density at radius 2 is 1.61 bits per heavy atom. The summed E-state index contributed by atoms with van der Waals surface area (Å²) in [5.74, 6) is 0. The van der Waals surface area contributed by atoms with E-state index in [4.69, 9.17) is 0 Å². The van der Waals surface area contributed by atoms with Gasteiger partial charge in [-0.1, -0.05) is 31.2 Å². The fraction of sp³-hybridized carbons (Fsp3) is 0.455. The number of anilines is 1. The molecule has 0 bridgehead atoms. The molecule has 1 fully saturated rings. The lowest BCUT2D eigenvalue weighted by atomic mass is 10.1. The van der Waals surface area contributed by atoms with Crippen LogP contribution in [0.25, 0.3) is 0 Å². The van der Waals surface area contributed by atoms with Gasteiger partial charge in [-0.15, -0.1) is 0 Å².